The smallest absolute Gasteiger partial charge is 0.189 e. The van der Waals surface area contributed by atoms with Crippen LogP contribution >= 0.6 is 0 Å². The van der Waals surface area contributed by atoms with Crippen LogP contribution in [0.2, 0.25) is 0 Å². The van der Waals surface area contributed by atoms with Gasteiger partial charge in [-0.15, -0.1) is 0 Å². The highest BCUT2D eigenvalue weighted by Gasteiger charge is 2.16. The molecule has 4 aromatic rings. The van der Waals surface area contributed by atoms with E-state index >= 15 is 0 Å². The number of rotatable bonds is 4. The zero-order valence-corrected chi connectivity index (χ0v) is 14.8. The largest absolute Gasteiger partial charge is 0.358 e. The van der Waals surface area contributed by atoms with Crippen molar-refractivity contribution in [3.05, 3.63) is 118 Å². The first-order valence-corrected chi connectivity index (χ1v) is 8.93. The van der Waals surface area contributed by atoms with Crippen molar-refractivity contribution < 1.29 is 0 Å². The second kappa shape index (κ2) is 7.01. The number of aromatic amines is 1. The van der Waals surface area contributed by atoms with Crippen LogP contribution in [0.15, 0.2) is 89.7 Å². The number of hydrogen-bond donors (Lipinski definition) is 1. The molecule has 0 bridgehead atoms. The molecule has 1 aromatic heterocycles. The topological polar surface area (TPSA) is 32.9 Å². The van der Waals surface area contributed by atoms with Crippen molar-refractivity contribution in [3.8, 4) is 0 Å². The van der Waals surface area contributed by atoms with E-state index in [1.54, 1.807) is 6.07 Å². The second-order valence-electron chi connectivity index (χ2n) is 6.79. The first-order chi connectivity index (χ1) is 12.7. The van der Waals surface area contributed by atoms with Gasteiger partial charge in [-0.1, -0.05) is 72.3 Å². The molecule has 26 heavy (non-hydrogen) atoms. The van der Waals surface area contributed by atoms with Gasteiger partial charge in [0.2, 0.25) is 0 Å². The number of aromatic nitrogens is 1. The Kier molecular flexibility index (Phi) is 4.40. The fourth-order valence-corrected chi connectivity index (χ4v) is 3.54. The fraction of sp³-hybridized carbons (Fsp3) is 0.125. The summed E-state index contributed by atoms with van der Waals surface area (Å²) in [6.07, 6.45) is 0.757. The van der Waals surface area contributed by atoms with E-state index in [0.717, 1.165) is 28.6 Å². The highest BCUT2D eigenvalue weighted by atomic mass is 16.1. The maximum atomic E-state index is 12.6. The quantitative estimate of drug-likeness (QED) is 0.544. The van der Waals surface area contributed by atoms with Crippen LogP contribution in [0.1, 0.15) is 28.3 Å². The molecule has 128 valence electrons. The molecule has 1 N–H and O–H groups in total. The van der Waals surface area contributed by atoms with Crippen molar-refractivity contribution in [3.63, 3.8) is 0 Å². The Morgan fingerprint density at radius 1 is 0.808 bits per heavy atom. The Balaban J connectivity index is 1.78. The molecule has 0 aliphatic heterocycles. The van der Waals surface area contributed by atoms with Gasteiger partial charge in [0.15, 0.2) is 5.43 Å². The van der Waals surface area contributed by atoms with E-state index in [1.165, 1.54) is 11.1 Å². The second-order valence-corrected chi connectivity index (χ2v) is 6.79. The first-order valence-electron chi connectivity index (χ1n) is 8.93. The van der Waals surface area contributed by atoms with Gasteiger partial charge in [0.25, 0.3) is 0 Å². The van der Waals surface area contributed by atoms with Crippen LogP contribution in [-0.2, 0) is 6.42 Å². The standard InChI is InChI=1S/C24H21NO/c1-17-12-13-23-22(14-17)24(26)16-20(25-23)15-21(18-8-4-2-5-9-18)19-10-6-3-7-11-19/h2-14,16,21H,15H2,1H3,(H,25,26). The van der Waals surface area contributed by atoms with Crippen LogP contribution in [0.3, 0.4) is 0 Å². The average molecular weight is 339 g/mol. The molecule has 4 rings (SSSR count). The molecule has 0 unspecified atom stereocenters. The van der Waals surface area contributed by atoms with Crippen molar-refractivity contribution in [2.75, 3.05) is 0 Å². The maximum Gasteiger partial charge on any atom is 0.189 e. The van der Waals surface area contributed by atoms with Crippen LogP contribution in [-0.4, -0.2) is 4.98 Å². The monoisotopic (exact) mass is 339 g/mol. The predicted octanol–water partition coefficient (Wildman–Crippen LogP) is 5.21. The minimum Gasteiger partial charge on any atom is -0.358 e. The first kappa shape index (κ1) is 16.3. The molecule has 1 heterocycles. The molecule has 0 amide bonds. The van der Waals surface area contributed by atoms with Gasteiger partial charge in [-0.05, 0) is 36.6 Å². The molecular formula is C24H21NO. The lowest BCUT2D eigenvalue weighted by Gasteiger charge is -2.18. The number of aryl methyl sites for hydroxylation is 1. The third kappa shape index (κ3) is 3.31. The van der Waals surface area contributed by atoms with Crippen molar-refractivity contribution in [2.45, 2.75) is 19.3 Å². The molecule has 0 radical (unpaired) electrons. The van der Waals surface area contributed by atoms with Gasteiger partial charge in [0, 0.05) is 28.6 Å². The van der Waals surface area contributed by atoms with Crippen molar-refractivity contribution in [1.82, 2.24) is 4.98 Å². The average Bonchev–Trinajstić information content (AvgIpc) is 2.68. The van der Waals surface area contributed by atoms with Crippen molar-refractivity contribution >= 4 is 10.9 Å². The minimum atomic E-state index is 0.0809. The lowest BCUT2D eigenvalue weighted by atomic mass is 9.87. The summed E-state index contributed by atoms with van der Waals surface area (Å²) in [5.74, 6) is 0.205. The van der Waals surface area contributed by atoms with E-state index in [0.29, 0.717) is 0 Å². The number of pyridine rings is 1. The summed E-state index contributed by atoms with van der Waals surface area (Å²) in [5.41, 5.74) is 5.55. The Bertz CT molecular complexity index is 1040. The third-order valence-electron chi connectivity index (χ3n) is 4.87. The van der Waals surface area contributed by atoms with Gasteiger partial charge < -0.3 is 4.98 Å². The third-order valence-corrected chi connectivity index (χ3v) is 4.87. The summed E-state index contributed by atoms with van der Waals surface area (Å²) in [4.78, 5) is 16.1. The van der Waals surface area contributed by atoms with Crippen LogP contribution in [0.4, 0.5) is 0 Å². The summed E-state index contributed by atoms with van der Waals surface area (Å²) < 4.78 is 0. The zero-order chi connectivity index (χ0) is 17.9. The van der Waals surface area contributed by atoms with Gasteiger partial charge in [-0.2, -0.15) is 0 Å². The number of hydrogen-bond acceptors (Lipinski definition) is 1. The van der Waals surface area contributed by atoms with Gasteiger partial charge in [0.05, 0.1) is 0 Å². The van der Waals surface area contributed by atoms with Crippen LogP contribution in [0.25, 0.3) is 10.9 Å². The Labute approximate surface area is 153 Å². The van der Waals surface area contributed by atoms with Gasteiger partial charge in [0.1, 0.15) is 0 Å². The van der Waals surface area contributed by atoms with Gasteiger partial charge >= 0.3 is 0 Å². The molecule has 0 spiro atoms. The molecule has 0 saturated carbocycles. The SMILES string of the molecule is Cc1ccc2[nH]c(CC(c3ccccc3)c3ccccc3)cc(=O)c2c1. The van der Waals surface area contributed by atoms with Gasteiger partial charge in [-0.25, -0.2) is 0 Å². The molecular weight excluding hydrogens is 318 g/mol. The summed E-state index contributed by atoms with van der Waals surface area (Å²) in [6, 6.07) is 28.7. The lowest BCUT2D eigenvalue weighted by molar-refractivity contribution is 0.785. The van der Waals surface area contributed by atoms with E-state index < -0.39 is 0 Å². The highest BCUT2D eigenvalue weighted by Crippen LogP contribution is 2.28. The molecule has 0 fully saturated rings. The molecule has 0 aliphatic rings. The van der Waals surface area contributed by atoms with Crippen LogP contribution in [0.5, 0.6) is 0 Å². The molecule has 0 saturated heterocycles. The molecule has 2 nitrogen and oxygen atoms in total. The van der Waals surface area contributed by atoms with Crippen molar-refractivity contribution in [1.29, 1.82) is 0 Å². The Morgan fingerprint density at radius 3 is 2.04 bits per heavy atom. The summed E-state index contributed by atoms with van der Waals surface area (Å²) >= 11 is 0. The van der Waals surface area contributed by atoms with Crippen LogP contribution < -0.4 is 5.43 Å². The number of fused-ring (bicyclic) bond motifs is 1. The number of H-pyrrole nitrogens is 1. The van der Waals surface area contributed by atoms with E-state index in [-0.39, 0.29) is 11.3 Å². The van der Waals surface area contributed by atoms with E-state index in [9.17, 15) is 4.79 Å². The normalized spacial score (nSPS) is 11.2. The van der Waals surface area contributed by atoms with E-state index in [1.807, 2.05) is 37.3 Å². The van der Waals surface area contributed by atoms with Crippen molar-refractivity contribution in [2.24, 2.45) is 0 Å². The fourth-order valence-electron chi connectivity index (χ4n) is 3.54. The van der Waals surface area contributed by atoms with Gasteiger partial charge in [-0.3, -0.25) is 4.79 Å². The summed E-state index contributed by atoms with van der Waals surface area (Å²) in [7, 11) is 0. The van der Waals surface area contributed by atoms with E-state index in [4.69, 9.17) is 0 Å². The molecule has 0 atom stereocenters. The van der Waals surface area contributed by atoms with E-state index in [2.05, 4.69) is 53.5 Å². The molecule has 0 aliphatic carbocycles. The summed E-state index contributed by atoms with van der Waals surface area (Å²) in [5, 5.41) is 0.754. The maximum absolute atomic E-state index is 12.6. The van der Waals surface area contributed by atoms with Crippen LogP contribution in [0, 0.1) is 6.92 Å². The predicted molar refractivity (Wildman–Crippen MR) is 108 cm³/mol. The Morgan fingerprint density at radius 2 is 1.42 bits per heavy atom. The lowest BCUT2D eigenvalue weighted by Crippen LogP contribution is -2.10. The minimum absolute atomic E-state index is 0.0809. The number of nitrogens with one attached hydrogen (secondary N) is 1. The Hall–Kier alpha value is -3.13. The molecule has 3 aromatic carbocycles. The molecule has 2 heteroatoms. The zero-order valence-electron chi connectivity index (χ0n) is 14.8. The summed E-state index contributed by atoms with van der Waals surface area (Å²) in [6.45, 7) is 2.01. The number of benzene rings is 3. The highest BCUT2D eigenvalue weighted by molar-refractivity contribution is 5.79.